The van der Waals surface area contributed by atoms with E-state index < -0.39 is 36.6 Å². The molecule has 2 rings (SSSR count). The second-order valence-electron chi connectivity index (χ2n) is 4.88. The normalized spacial score (nSPS) is 21.2. The zero-order valence-corrected chi connectivity index (χ0v) is 12.0. The molecule has 1 aromatic rings. The first-order valence-electron chi connectivity index (χ1n) is 6.56. The Morgan fingerprint density at radius 3 is 2.36 bits per heavy atom. The van der Waals surface area contributed by atoms with E-state index in [-0.39, 0.29) is 23.8 Å². The molecular formula is C14H15F4NO3. The molecule has 4 nitrogen and oxygen atoms in total. The molecule has 0 radical (unpaired) electrons. The molecule has 122 valence electrons. The molecule has 0 saturated carbocycles. The van der Waals surface area contributed by atoms with Crippen molar-refractivity contribution in [2.24, 2.45) is 0 Å². The third kappa shape index (κ3) is 3.01. The van der Waals surface area contributed by atoms with Crippen LogP contribution in [0.4, 0.5) is 17.6 Å². The van der Waals surface area contributed by atoms with Gasteiger partial charge >= 0.3 is 0 Å². The topological polar surface area (TPSA) is 38.8 Å². The number of nitrogens with zero attached hydrogens (tertiary/aromatic N) is 1. The molecule has 1 aromatic carbocycles. The van der Waals surface area contributed by atoms with E-state index >= 15 is 0 Å². The second kappa shape index (κ2) is 6.51. The van der Waals surface area contributed by atoms with Crippen molar-refractivity contribution < 1.29 is 31.8 Å². The molecule has 2 atom stereocenters. The van der Waals surface area contributed by atoms with Crippen LogP contribution < -0.4 is 4.74 Å². The van der Waals surface area contributed by atoms with Crippen LogP contribution in [0.1, 0.15) is 18.0 Å². The molecule has 1 aliphatic rings. The van der Waals surface area contributed by atoms with E-state index in [0.717, 1.165) is 12.1 Å². The highest BCUT2D eigenvalue weighted by Gasteiger charge is 2.48. The molecule has 0 aromatic heterocycles. The van der Waals surface area contributed by atoms with Crippen LogP contribution in [0.25, 0.3) is 0 Å². The highest BCUT2D eigenvalue weighted by molar-refractivity contribution is 5.88. The Hall–Kier alpha value is -1.83. The number of methoxy groups -OCH3 is 1. The summed E-state index contributed by atoms with van der Waals surface area (Å²) < 4.78 is 62.1. The molecule has 2 unspecified atom stereocenters. The van der Waals surface area contributed by atoms with E-state index in [9.17, 15) is 22.4 Å². The maximum Gasteiger partial charge on any atom is 0.254 e. The van der Waals surface area contributed by atoms with Gasteiger partial charge in [-0.15, -0.1) is 0 Å². The summed E-state index contributed by atoms with van der Waals surface area (Å²) in [6, 6.07) is 0.952. The number of hydrogen-bond donors (Lipinski definition) is 0. The lowest BCUT2D eigenvalue weighted by atomic mass is 9.90. The van der Waals surface area contributed by atoms with Gasteiger partial charge in [-0.3, -0.25) is 4.79 Å². The smallest absolute Gasteiger partial charge is 0.254 e. The monoisotopic (exact) mass is 321 g/mol. The van der Waals surface area contributed by atoms with Gasteiger partial charge in [-0.2, -0.15) is 0 Å². The Morgan fingerprint density at radius 2 is 1.86 bits per heavy atom. The first kappa shape index (κ1) is 16.5. The van der Waals surface area contributed by atoms with Gasteiger partial charge in [0.05, 0.1) is 12.6 Å². The molecule has 1 amide bonds. The van der Waals surface area contributed by atoms with Gasteiger partial charge in [-0.05, 0) is 0 Å². The summed E-state index contributed by atoms with van der Waals surface area (Å²) in [5.41, 5.74) is -0.310. The van der Waals surface area contributed by atoms with E-state index in [0.29, 0.717) is 0 Å². The number of rotatable bonds is 6. The SMILES string of the molecule is COC1C(=O)N(C)C1c1c(F)cc(OCCC(F)F)cc1F. The number of halogens is 4. The summed E-state index contributed by atoms with van der Waals surface area (Å²) in [6.07, 6.45) is -4.03. The third-order valence-corrected chi connectivity index (χ3v) is 3.50. The number of likely N-dealkylation sites (tertiary alicyclic amines) is 1. The standard InChI is InChI=1S/C14H15F4NO3/c1-19-12(13(21-2)14(19)20)11-8(15)5-7(6-9(11)16)22-4-3-10(17)18/h5-6,10,12-13H,3-4H2,1-2H3. The van der Waals surface area contributed by atoms with Crippen LogP contribution in [0.15, 0.2) is 12.1 Å². The zero-order chi connectivity index (χ0) is 16.4. The Morgan fingerprint density at radius 1 is 1.27 bits per heavy atom. The van der Waals surface area contributed by atoms with Crippen LogP contribution in [0, 0.1) is 11.6 Å². The maximum atomic E-state index is 14.1. The van der Waals surface area contributed by atoms with Crippen molar-refractivity contribution in [3.63, 3.8) is 0 Å². The Labute approximate surface area is 124 Å². The number of alkyl halides is 2. The lowest BCUT2D eigenvalue weighted by Crippen LogP contribution is -2.58. The average molecular weight is 321 g/mol. The van der Waals surface area contributed by atoms with Gasteiger partial charge in [0.25, 0.3) is 5.91 Å². The highest BCUT2D eigenvalue weighted by Crippen LogP contribution is 2.39. The molecule has 1 aliphatic heterocycles. The summed E-state index contributed by atoms with van der Waals surface area (Å²) in [7, 11) is 2.69. The van der Waals surface area contributed by atoms with Crippen LogP contribution in [0.3, 0.4) is 0 Å². The van der Waals surface area contributed by atoms with E-state index in [1.807, 2.05) is 0 Å². The molecule has 0 bridgehead atoms. The summed E-state index contributed by atoms with van der Waals surface area (Å²) in [5.74, 6) is -2.39. The number of β-lactam (4-membered cyclic amide) rings is 1. The quantitative estimate of drug-likeness (QED) is 0.597. The summed E-state index contributed by atoms with van der Waals surface area (Å²) >= 11 is 0. The van der Waals surface area contributed by atoms with Gasteiger partial charge in [-0.1, -0.05) is 0 Å². The molecule has 0 spiro atoms. The fourth-order valence-electron chi connectivity index (χ4n) is 2.36. The number of ether oxygens (including phenoxy) is 2. The van der Waals surface area contributed by atoms with Crippen molar-refractivity contribution in [1.82, 2.24) is 4.90 Å². The van der Waals surface area contributed by atoms with Gasteiger partial charge < -0.3 is 14.4 Å². The van der Waals surface area contributed by atoms with Crippen molar-refractivity contribution in [2.45, 2.75) is 25.0 Å². The Kier molecular flexibility index (Phi) is 4.90. The minimum atomic E-state index is -2.55. The molecule has 8 heteroatoms. The van der Waals surface area contributed by atoms with Crippen LogP contribution in [0.5, 0.6) is 5.75 Å². The number of carbonyl (C=O) groups is 1. The van der Waals surface area contributed by atoms with Gasteiger partial charge in [0.2, 0.25) is 6.43 Å². The van der Waals surface area contributed by atoms with Crippen LogP contribution in [-0.2, 0) is 9.53 Å². The highest BCUT2D eigenvalue weighted by atomic mass is 19.3. The number of amides is 1. The predicted molar refractivity (Wildman–Crippen MR) is 68.8 cm³/mol. The van der Waals surface area contributed by atoms with Crippen LogP contribution in [-0.4, -0.2) is 44.1 Å². The molecule has 22 heavy (non-hydrogen) atoms. The summed E-state index contributed by atoms with van der Waals surface area (Å²) in [6.45, 7) is -0.349. The second-order valence-corrected chi connectivity index (χ2v) is 4.88. The number of hydrogen-bond acceptors (Lipinski definition) is 3. The fourth-order valence-corrected chi connectivity index (χ4v) is 2.36. The molecule has 0 aliphatic carbocycles. The van der Waals surface area contributed by atoms with Crippen molar-refractivity contribution in [3.05, 3.63) is 29.3 Å². The largest absolute Gasteiger partial charge is 0.493 e. The predicted octanol–water partition coefficient (Wildman–Crippen LogP) is 2.53. The Balaban J connectivity index is 2.19. The zero-order valence-electron chi connectivity index (χ0n) is 12.0. The summed E-state index contributed by atoms with van der Waals surface area (Å²) in [4.78, 5) is 12.7. The van der Waals surface area contributed by atoms with Gasteiger partial charge in [0.1, 0.15) is 17.4 Å². The minimum absolute atomic E-state index is 0.179. The van der Waals surface area contributed by atoms with Crippen LogP contribution in [0.2, 0.25) is 0 Å². The summed E-state index contributed by atoms with van der Waals surface area (Å²) in [5, 5.41) is 0. The van der Waals surface area contributed by atoms with Crippen molar-refractivity contribution in [3.8, 4) is 5.75 Å². The lowest BCUT2D eigenvalue weighted by Gasteiger charge is -2.44. The maximum absolute atomic E-state index is 14.1. The molecule has 1 fully saturated rings. The Bertz CT molecular complexity index is 544. The average Bonchev–Trinajstić information content (AvgIpc) is 2.44. The molecule has 0 N–H and O–H groups in total. The molecular weight excluding hydrogens is 306 g/mol. The van der Waals surface area contributed by atoms with Crippen molar-refractivity contribution in [1.29, 1.82) is 0 Å². The van der Waals surface area contributed by atoms with E-state index in [1.165, 1.54) is 19.1 Å². The lowest BCUT2D eigenvalue weighted by molar-refractivity contribution is -0.168. The third-order valence-electron chi connectivity index (χ3n) is 3.50. The van der Waals surface area contributed by atoms with Gasteiger partial charge in [0, 0.05) is 38.3 Å². The van der Waals surface area contributed by atoms with E-state index in [2.05, 4.69) is 0 Å². The van der Waals surface area contributed by atoms with E-state index in [4.69, 9.17) is 9.47 Å². The fraction of sp³-hybridized carbons (Fsp3) is 0.500. The van der Waals surface area contributed by atoms with Crippen molar-refractivity contribution in [2.75, 3.05) is 20.8 Å². The van der Waals surface area contributed by atoms with Crippen LogP contribution >= 0.6 is 0 Å². The van der Waals surface area contributed by atoms with Gasteiger partial charge in [0.15, 0.2) is 6.10 Å². The first-order valence-corrected chi connectivity index (χ1v) is 6.56. The minimum Gasteiger partial charge on any atom is -0.493 e. The van der Waals surface area contributed by atoms with Crippen molar-refractivity contribution >= 4 is 5.91 Å². The molecule has 1 heterocycles. The van der Waals surface area contributed by atoms with E-state index in [1.54, 1.807) is 0 Å². The number of carbonyl (C=O) groups excluding carboxylic acids is 1. The number of benzene rings is 1. The van der Waals surface area contributed by atoms with Gasteiger partial charge in [-0.25, -0.2) is 17.6 Å². The first-order chi connectivity index (χ1) is 10.4. The number of likely N-dealkylation sites (N-methyl/N-ethyl adjacent to an activating group) is 1. The molecule has 1 saturated heterocycles.